The average Bonchev–Trinajstić information content (AvgIpc) is 2.29. The SMILES string of the molecule is CCOC(=O)CC(C)N1CCN(C)C(CC)C1. The number of carbonyl (C=O) groups is 1. The third kappa shape index (κ3) is 4.28. The van der Waals surface area contributed by atoms with Gasteiger partial charge >= 0.3 is 5.97 Å². The van der Waals surface area contributed by atoms with E-state index in [-0.39, 0.29) is 12.0 Å². The third-order valence-electron chi connectivity index (χ3n) is 3.67. The van der Waals surface area contributed by atoms with Crippen molar-refractivity contribution in [3.63, 3.8) is 0 Å². The first-order valence-corrected chi connectivity index (χ1v) is 6.68. The molecule has 4 heteroatoms. The Hall–Kier alpha value is -0.610. The molecule has 17 heavy (non-hydrogen) atoms. The van der Waals surface area contributed by atoms with Gasteiger partial charge in [0.05, 0.1) is 13.0 Å². The summed E-state index contributed by atoms with van der Waals surface area (Å²) in [5, 5.41) is 0. The molecule has 0 aliphatic carbocycles. The van der Waals surface area contributed by atoms with E-state index in [9.17, 15) is 4.79 Å². The monoisotopic (exact) mass is 242 g/mol. The summed E-state index contributed by atoms with van der Waals surface area (Å²) in [7, 11) is 2.18. The number of hydrogen-bond acceptors (Lipinski definition) is 4. The maximum absolute atomic E-state index is 11.5. The molecule has 4 nitrogen and oxygen atoms in total. The van der Waals surface area contributed by atoms with Crippen molar-refractivity contribution in [3.8, 4) is 0 Å². The minimum Gasteiger partial charge on any atom is -0.466 e. The predicted octanol–water partition coefficient (Wildman–Crippen LogP) is 1.35. The number of nitrogens with zero attached hydrogens (tertiary/aromatic N) is 2. The second-order valence-electron chi connectivity index (χ2n) is 4.90. The van der Waals surface area contributed by atoms with Crippen LogP contribution in [0.25, 0.3) is 0 Å². The summed E-state index contributed by atoms with van der Waals surface area (Å²) in [5.41, 5.74) is 0. The van der Waals surface area contributed by atoms with Crippen LogP contribution in [0.1, 0.15) is 33.6 Å². The summed E-state index contributed by atoms with van der Waals surface area (Å²) in [6.07, 6.45) is 1.67. The molecule has 0 bridgehead atoms. The molecule has 0 spiro atoms. The number of carbonyl (C=O) groups excluding carboxylic acids is 1. The quantitative estimate of drug-likeness (QED) is 0.681. The lowest BCUT2D eigenvalue weighted by Gasteiger charge is -2.41. The zero-order valence-electron chi connectivity index (χ0n) is 11.6. The molecule has 2 atom stereocenters. The number of ether oxygens (including phenoxy) is 1. The molecule has 1 aliphatic rings. The fourth-order valence-electron chi connectivity index (χ4n) is 2.40. The first-order chi connectivity index (χ1) is 8.08. The summed E-state index contributed by atoms with van der Waals surface area (Å²) in [5.74, 6) is -0.0769. The second kappa shape index (κ2) is 6.97. The van der Waals surface area contributed by atoms with Gasteiger partial charge in [-0.3, -0.25) is 9.69 Å². The molecule has 0 saturated carbocycles. The Balaban J connectivity index is 2.41. The van der Waals surface area contributed by atoms with Crippen molar-refractivity contribution < 1.29 is 9.53 Å². The van der Waals surface area contributed by atoms with Gasteiger partial charge in [0.2, 0.25) is 0 Å². The van der Waals surface area contributed by atoms with E-state index in [4.69, 9.17) is 4.74 Å². The fraction of sp³-hybridized carbons (Fsp3) is 0.923. The van der Waals surface area contributed by atoms with Crippen LogP contribution < -0.4 is 0 Å². The van der Waals surface area contributed by atoms with Crippen LogP contribution in [0.5, 0.6) is 0 Å². The Morgan fingerprint density at radius 2 is 2.12 bits per heavy atom. The van der Waals surface area contributed by atoms with Crippen molar-refractivity contribution >= 4 is 5.97 Å². The molecule has 0 amide bonds. The zero-order valence-corrected chi connectivity index (χ0v) is 11.6. The van der Waals surface area contributed by atoms with E-state index in [0.29, 0.717) is 19.1 Å². The molecular formula is C13H26N2O2. The van der Waals surface area contributed by atoms with Crippen LogP contribution in [0.4, 0.5) is 0 Å². The van der Waals surface area contributed by atoms with Crippen molar-refractivity contribution in [3.05, 3.63) is 0 Å². The van der Waals surface area contributed by atoms with Crippen molar-refractivity contribution in [2.24, 2.45) is 0 Å². The summed E-state index contributed by atoms with van der Waals surface area (Å²) in [4.78, 5) is 16.3. The minimum absolute atomic E-state index is 0.0769. The topological polar surface area (TPSA) is 32.8 Å². The number of piperazine rings is 1. The largest absolute Gasteiger partial charge is 0.466 e. The van der Waals surface area contributed by atoms with Crippen molar-refractivity contribution in [2.75, 3.05) is 33.3 Å². The summed E-state index contributed by atoms with van der Waals surface area (Å²) in [6.45, 7) is 9.87. The number of rotatable bonds is 5. The van der Waals surface area contributed by atoms with Gasteiger partial charge in [0, 0.05) is 31.7 Å². The molecule has 100 valence electrons. The van der Waals surface area contributed by atoms with Gasteiger partial charge in [-0.25, -0.2) is 0 Å². The normalized spacial score (nSPS) is 24.6. The number of hydrogen-bond donors (Lipinski definition) is 0. The smallest absolute Gasteiger partial charge is 0.307 e. The fourth-order valence-corrected chi connectivity index (χ4v) is 2.40. The van der Waals surface area contributed by atoms with Crippen LogP contribution >= 0.6 is 0 Å². The highest BCUT2D eigenvalue weighted by molar-refractivity contribution is 5.70. The molecule has 0 aromatic heterocycles. The Kier molecular flexibility index (Phi) is 5.92. The van der Waals surface area contributed by atoms with E-state index in [0.717, 1.165) is 19.6 Å². The standard InChI is InChI=1S/C13H26N2O2/c1-5-12-10-15(8-7-14(12)4)11(3)9-13(16)17-6-2/h11-12H,5-10H2,1-4H3. The highest BCUT2D eigenvalue weighted by Crippen LogP contribution is 2.15. The Labute approximate surface area is 105 Å². The van der Waals surface area contributed by atoms with Crippen LogP contribution in [-0.2, 0) is 9.53 Å². The molecule has 2 unspecified atom stereocenters. The van der Waals surface area contributed by atoms with E-state index in [1.165, 1.54) is 6.42 Å². The molecular weight excluding hydrogens is 216 g/mol. The number of likely N-dealkylation sites (N-methyl/N-ethyl adjacent to an activating group) is 1. The summed E-state index contributed by atoms with van der Waals surface area (Å²) < 4.78 is 5.00. The Morgan fingerprint density at radius 3 is 2.71 bits per heavy atom. The lowest BCUT2D eigenvalue weighted by Crippen LogP contribution is -2.54. The van der Waals surface area contributed by atoms with Gasteiger partial charge in [-0.2, -0.15) is 0 Å². The first kappa shape index (κ1) is 14.5. The van der Waals surface area contributed by atoms with Gasteiger partial charge in [-0.1, -0.05) is 6.92 Å². The lowest BCUT2D eigenvalue weighted by atomic mass is 10.1. The summed E-state index contributed by atoms with van der Waals surface area (Å²) in [6, 6.07) is 0.908. The summed E-state index contributed by atoms with van der Waals surface area (Å²) >= 11 is 0. The van der Waals surface area contributed by atoms with Crippen molar-refractivity contribution in [1.29, 1.82) is 0 Å². The Morgan fingerprint density at radius 1 is 1.41 bits per heavy atom. The van der Waals surface area contributed by atoms with E-state index in [1.807, 2.05) is 6.92 Å². The van der Waals surface area contributed by atoms with Gasteiger partial charge in [0.15, 0.2) is 0 Å². The molecule has 0 aromatic rings. The highest BCUT2D eigenvalue weighted by Gasteiger charge is 2.27. The van der Waals surface area contributed by atoms with E-state index >= 15 is 0 Å². The molecule has 1 saturated heterocycles. The van der Waals surface area contributed by atoms with Crippen LogP contribution in [0.2, 0.25) is 0 Å². The maximum Gasteiger partial charge on any atom is 0.307 e. The molecule has 0 N–H and O–H groups in total. The van der Waals surface area contributed by atoms with Gasteiger partial charge in [-0.15, -0.1) is 0 Å². The van der Waals surface area contributed by atoms with Crippen molar-refractivity contribution in [2.45, 2.75) is 45.7 Å². The molecule has 1 heterocycles. The van der Waals surface area contributed by atoms with Gasteiger partial charge in [0.25, 0.3) is 0 Å². The van der Waals surface area contributed by atoms with Crippen LogP contribution in [0.3, 0.4) is 0 Å². The predicted molar refractivity (Wildman–Crippen MR) is 69.0 cm³/mol. The van der Waals surface area contributed by atoms with Crippen LogP contribution in [0, 0.1) is 0 Å². The van der Waals surface area contributed by atoms with E-state index in [2.05, 4.69) is 30.7 Å². The van der Waals surface area contributed by atoms with Crippen molar-refractivity contribution in [1.82, 2.24) is 9.80 Å². The molecule has 1 rings (SSSR count). The molecule has 0 radical (unpaired) electrons. The van der Waals surface area contributed by atoms with Crippen LogP contribution in [0.15, 0.2) is 0 Å². The van der Waals surface area contributed by atoms with Crippen LogP contribution in [-0.4, -0.2) is 61.1 Å². The third-order valence-corrected chi connectivity index (χ3v) is 3.67. The minimum atomic E-state index is -0.0769. The Bertz CT molecular complexity index is 246. The zero-order chi connectivity index (χ0) is 12.8. The van der Waals surface area contributed by atoms with Gasteiger partial charge < -0.3 is 9.64 Å². The average molecular weight is 242 g/mol. The molecule has 1 aliphatic heterocycles. The van der Waals surface area contributed by atoms with Gasteiger partial charge in [0.1, 0.15) is 0 Å². The van der Waals surface area contributed by atoms with E-state index < -0.39 is 0 Å². The number of esters is 1. The van der Waals surface area contributed by atoms with E-state index in [1.54, 1.807) is 0 Å². The first-order valence-electron chi connectivity index (χ1n) is 6.68. The lowest BCUT2D eigenvalue weighted by molar-refractivity contribution is -0.144. The molecule has 1 fully saturated rings. The molecule has 0 aromatic carbocycles. The highest BCUT2D eigenvalue weighted by atomic mass is 16.5. The van der Waals surface area contributed by atoms with Gasteiger partial charge in [-0.05, 0) is 27.3 Å². The second-order valence-corrected chi connectivity index (χ2v) is 4.90. The maximum atomic E-state index is 11.5.